The summed E-state index contributed by atoms with van der Waals surface area (Å²) in [5, 5.41) is 7.40. The van der Waals surface area contributed by atoms with E-state index in [0.29, 0.717) is 17.8 Å². The molecule has 3 heterocycles. The molecule has 2 aromatic rings. The molecule has 1 atom stereocenters. The van der Waals surface area contributed by atoms with Crippen LogP contribution in [0.3, 0.4) is 0 Å². The third kappa shape index (κ3) is 3.24. The lowest BCUT2D eigenvalue weighted by Gasteiger charge is -2.22. The van der Waals surface area contributed by atoms with Gasteiger partial charge in [-0.2, -0.15) is 31.8 Å². The highest BCUT2D eigenvalue weighted by Crippen LogP contribution is 2.37. The SMILES string of the molecule is CC1(CNc2nc(NN)nc(-n3cccn3)n2)CCCS1. The highest BCUT2D eigenvalue weighted by Gasteiger charge is 2.29. The van der Waals surface area contributed by atoms with Gasteiger partial charge < -0.3 is 5.32 Å². The quantitative estimate of drug-likeness (QED) is 0.556. The first-order valence-electron chi connectivity index (χ1n) is 6.79. The van der Waals surface area contributed by atoms with Crippen molar-refractivity contribution in [1.29, 1.82) is 0 Å². The molecule has 0 spiro atoms. The largest absolute Gasteiger partial charge is 0.353 e. The van der Waals surface area contributed by atoms with E-state index in [-0.39, 0.29) is 4.75 Å². The highest BCUT2D eigenvalue weighted by molar-refractivity contribution is 8.00. The molecule has 1 fully saturated rings. The smallest absolute Gasteiger partial charge is 0.257 e. The minimum Gasteiger partial charge on any atom is -0.353 e. The van der Waals surface area contributed by atoms with Gasteiger partial charge in [-0.3, -0.25) is 5.43 Å². The molecule has 21 heavy (non-hydrogen) atoms. The van der Waals surface area contributed by atoms with E-state index in [4.69, 9.17) is 5.84 Å². The third-order valence-electron chi connectivity index (χ3n) is 3.38. The fraction of sp³-hybridized carbons (Fsp3) is 0.500. The summed E-state index contributed by atoms with van der Waals surface area (Å²) >= 11 is 1.98. The first-order valence-corrected chi connectivity index (χ1v) is 7.78. The Balaban J connectivity index is 1.79. The lowest BCUT2D eigenvalue weighted by Crippen LogP contribution is -2.28. The Kier molecular flexibility index (Phi) is 3.93. The predicted molar refractivity (Wildman–Crippen MR) is 83.3 cm³/mol. The number of rotatable bonds is 5. The summed E-state index contributed by atoms with van der Waals surface area (Å²) in [6.45, 7) is 3.07. The lowest BCUT2D eigenvalue weighted by atomic mass is 10.1. The van der Waals surface area contributed by atoms with E-state index in [1.54, 1.807) is 17.1 Å². The van der Waals surface area contributed by atoms with E-state index in [9.17, 15) is 0 Å². The molecule has 1 unspecified atom stereocenters. The Labute approximate surface area is 126 Å². The molecule has 4 N–H and O–H groups in total. The van der Waals surface area contributed by atoms with Crippen LogP contribution in [0.4, 0.5) is 11.9 Å². The summed E-state index contributed by atoms with van der Waals surface area (Å²) in [6.07, 6.45) is 5.90. The van der Waals surface area contributed by atoms with Gasteiger partial charge >= 0.3 is 0 Å². The fourth-order valence-corrected chi connectivity index (χ4v) is 3.48. The van der Waals surface area contributed by atoms with Crippen molar-refractivity contribution in [3.63, 3.8) is 0 Å². The van der Waals surface area contributed by atoms with Gasteiger partial charge in [-0.25, -0.2) is 10.5 Å². The van der Waals surface area contributed by atoms with Crippen LogP contribution in [0.2, 0.25) is 0 Å². The monoisotopic (exact) mass is 306 g/mol. The standard InChI is InChI=1S/C12H18N8S/c1-12(4-2-7-21-12)8-14-9-16-10(19-13)18-11(17-9)20-6-3-5-15-20/h3,5-6H,2,4,7-8,13H2,1H3,(H2,14,16,17,18,19). The normalized spacial score (nSPS) is 21.4. The van der Waals surface area contributed by atoms with Crippen LogP contribution >= 0.6 is 11.8 Å². The molecule has 1 saturated heterocycles. The van der Waals surface area contributed by atoms with Crippen LogP contribution < -0.4 is 16.6 Å². The van der Waals surface area contributed by atoms with E-state index < -0.39 is 0 Å². The van der Waals surface area contributed by atoms with E-state index in [0.717, 1.165) is 6.54 Å². The summed E-state index contributed by atoms with van der Waals surface area (Å²) < 4.78 is 1.80. The zero-order valence-electron chi connectivity index (χ0n) is 11.8. The third-order valence-corrected chi connectivity index (χ3v) is 4.92. The van der Waals surface area contributed by atoms with Crippen molar-refractivity contribution in [2.45, 2.75) is 24.5 Å². The Morgan fingerprint density at radius 3 is 2.90 bits per heavy atom. The van der Waals surface area contributed by atoms with Crippen LogP contribution in [0.15, 0.2) is 18.5 Å². The van der Waals surface area contributed by atoms with E-state index >= 15 is 0 Å². The van der Waals surface area contributed by atoms with Crippen molar-refractivity contribution < 1.29 is 0 Å². The number of nitrogens with two attached hydrogens (primary N) is 1. The molecule has 0 bridgehead atoms. The van der Waals surface area contributed by atoms with Crippen molar-refractivity contribution in [2.75, 3.05) is 23.0 Å². The topological polar surface area (TPSA) is 107 Å². The number of hydrazine groups is 1. The van der Waals surface area contributed by atoms with Crippen molar-refractivity contribution in [2.24, 2.45) is 5.84 Å². The number of anilines is 2. The van der Waals surface area contributed by atoms with Gasteiger partial charge in [0.2, 0.25) is 11.9 Å². The van der Waals surface area contributed by atoms with E-state index in [1.165, 1.54) is 18.6 Å². The Morgan fingerprint density at radius 2 is 2.24 bits per heavy atom. The van der Waals surface area contributed by atoms with Gasteiger partial charge in [0.15, 0.2) is 0 Å². The summed E-state index contributed by atoms with van der Waals surface area (Å²) in [5.74, 6) is 7.86. The molecule has 0 radical (unpaired) electrons. The Hall–Kier alpha value is -1.87. The summed E-state index contributed by atoms with van der Waals surface area (Å²) in [7, 11) is 0. The zero-order chi connectivity index (χ0) is 14.7. The van der Waals surface area contributed by atoms with Crippen LogP contribution in [0.25, 0.3) is 5.95 Å². The molecule has 112 valence electrons. The van der Waals surface area contributed by atoms with Gasteiger partial charge in [-0.15, -0.1) is 0 Å². The van der Waals surface area contributed by atoms with Crippen molar-refractivity contribution >= 4 is 23.7 Å². The van der Waals surface area contributed by atoms with Gasteiger partial charge in [-0.05, 0) is 31.6 Å². The maximum atomic E-state index is 5.42. The van der Waals surface area contributed by atoms with E-state index in [1.807, 2.05) is 17.8 Å². The maximum absolute atomic E-state index is 5.42. The number of nitrogen functional groups attached to an aromatic ring is 1. The minimum absolute atomic E-state index is 0.231. The molecule has 2 aromatic heterocycles. The van der Waals surface area contributed by atoms with Gasteiger partial charge in [0.25, 0.3) is 5.95 Å². The van der Waals surface area contributed by atoms with Crippen LogP contribution in [0, 0.1) is 0 Å². The molecular weight excluding hydrogens is 288 g/mol. The molecule has 3 rings (SSSR count). The number of nitrogens with one attached hydrogen (secondary N) is 2. The van der Waals surface area contributed by atoms with Crippen molar-refractivity contribution in [3.8, 4) is 5.95 Å². The summed E-state index contributed by atoms with van der Waals surface area (Å²) in [6, 6.07) is 1.81. The fourth-order valence-electron chi connectivity index (χ4n) is 2.24. The van der Waals surface area contributed by atoms with Crippen molar-refractivity contribution in [1.82, 2.24) is 24.7 Å². The Morgan fingerprint density at radius 1 is 1.38 bits per heavy atom. The average Bonchev–Trinajstić information content (AvgIpc) is 3.17. The predicted octanol–water partition coefficient (Wildman–Crippen LogP) is 1.04. The molecule has 0 aromatic carbocycles. The van der Waals surface area contributed by atoms with Gasteiger partial charge in [0.05, 0.1) is 0 Å². The number of aromatic nitrogens is 5. The first kappa shape index (κ1) is 14.1. The van der Waals surface area contributed by atoms with E-state index in [2.05, 4.69) is 37.7 Å². The van der Waals surface area contributed by atoms with Crippen LogP contribution in [-0.4, -0.2) is 41.8 Å². The molecule has 1 aliphatic heterocycles. The summed E-state index contributed by atoms with van der Waals surface area (Å²) in [5.41, 5.74) is 2.46. The number of hydrogen-bond donors (Lipinski definition) is 3. The Bertz CT molecular complexity index is 593. The van der Waals surface area contributed by atoms with Gasteiger partial charge in [-0.1, -0.05) is 0 Å². The second kappa shape index (κ2) is 5.86. The average molecular weight is 306 g/mol. The summed E-state index contributed by atoms with van der Waals surface area (Å²) in [4.78, 5) is 12.8. The van der Waals surface area contributed by atoms with Crippen LogP contribution in [-0.2, 0) is 0 Å². The zero-order valence-corrected chi connectivity index (χ0v) is 12.6. The second-order valence-electron chi connectivity index (χ2n) is 5.13. The molecule has 0 amide bonds. The van der Waals surface area contributed by atoms with Crippen LogP contribution in [0.1, 0.15) is 19.8 Å². The molecule has 0 aliphatic carbocycles. The van der Waals surface area contributed by atoms with Gasteiger partial charge in [0, 0.05) is 23.7 Å². The minimum atomic E-state index is 0.231. The highest BCUT2D eigenvalue weighted by atomic mass is 32.2. The molecule has 1 aliphatic rings. The molecule has 9 heteroatoms. The van der Waals surface area contributed by atoms with Crippen molar-refractivity contribution in [3.05, 3.63) is 18.5 Å². The van der Waals surface area contributed by atoms with Crippen LogP contribution in [0.5, 0.6) is 0 Å². The number of thioether (sulfide) groups is 1. The number of nitrogens with zero attached hydrogens (tertiary/aromatic N) is 5. The second-order valence-corrected chi connectivity index (χ2v) is 6.82. The lowest BCUT2D eigenvalue weighted by molar-refractivity contribution is 0.631. The first-order chi connectivity index (χ1) is 10.2. The maximum Gasteiger partial charge on any atom is 0.257 e. The molecule has 8 nitrogen and oxygen atoms in total. The molecular formula is C12H18N8S. The number of hydrogen-bond acceptors (Lipinski definition) is 8. The van der Waals surface area contributed by atoms with Gasteiger partial charge in [0.1, 0.15) is 0 Å². The molecule has 0 saturated carbocycles.